The first-order valence-electron chi connectivity index (χ1n) is 6.75. The molecule has 0 aliphatic heterocycles. The maximum absolute atomic E-state index is 5.48. The van der Waals surface area contributed by atoms with Crippen LogP contribution in [-0.4, -0.2) is 50.8 Å². The molecule has 0 spiro atoms. The van der Waals surface area contributed by atoms with Gasteiger partial charge in [0.1, 0.15) is 0 Å². The summed E-state index contributed by atoms with van der Waals surface area (Å²) in [5.41, 5.74) is 0. The maximum atomic E-state index is 5.48. The molecular weight excluding hydrogens is 246 g/mol. The number of unbranched alkanes of at least 4 members (excludes halogenated alkanes) is 1. The number of thioether (sulfide) groups is 1. The molecule has 0 aromatic rings. The molecule has 0 saturated heterocycles. The lowest BCUT2D eigenvalue weighted by Gasteiger charge is -2.12. The molecule has 0 rings (SSSR count). The van der Waals surface area contributed by atoms with E-state index in [-0.39, 0.29) is 0 Å². The van der Waals surface area contributed by atoms with E-state index in [0.717, 1.165) is 32.1 Å². The maximum Gasteiger partial charge on any atom is 0.190 e. The molecule has 18 heavy (non-hydrogen) atoms. The zero-order chi connectivity index (χ0) is 13.6. The van der Waals surface area contributed by atoms with Crippen LogP contribution in [0.4, 0.5) is 0 Å². The molecule has 0 aliphatic rings. The van der Waals surface area contributed by atoms with Crippen LogP contribution in [0.2, 0.25) is 0 Å². The van der Waals surface area contributed by atoms with Gasteiger partial charge in [0.05, 0.1) is 6.10 Å². The van der Waals surface area contributed by atoms with Crippen molar-refractivity contribution < 1.29 is 4.74 Å². The summed E-state index contributed by atoms with van der Waals surface area (Å²) >= 11 is 1.90. The van der Waals surface area contributed by atoms with E-state index in [1.165, 1.54) is 18.6 Å². The van der Waals surface area contributed by atoms with Gasteiger partial charge in [-0.15, -0.1) is 0 Å². The highest BCUT2D eigenvalue weighted by Crippen LogP contribution is 1.97. The first-order valence-corrected chi connectivity index (χ1v) is 8.15. The number of hydrogen-bond acceptors (Lipinski definition) is 3. The SMILES string of the molecule is CN=C(NCCCCSC)NCCCOC(C)C. The number of aliphatic imine (C=N–C) groups is 1. The number of hydrogen-bond donors (Lipinski definition) is 2. The third-order valence-corrected chi connectivity index (χ3v) is 3.05. The van der Waals surface area contributed by atoms with Crippen LogP contribution in [0.5, 0.6) is 0 Å². The molecule has 4 nitrogen and oxygen atoms in total. The molecule has 0 saturated carbocycles. The van der Waals surface area contributed by atoms with Gasteiger partial charge in [0.2, 0.25) is 0 Å². The van der Waals surface area contributed by atoms with Crippen LogP contribution in [0.15, 0.2) is 4.99 Å². The largest absolute Gasteiger partial charge is 0.379 e. The van der Waals surface area contributed by atoms with Crippen LogP contribution in [-0.2, 0) is 4.74 Å². The molecular formula is C13H29N3OS. The van der Waals surface area contributed by atoms with Gasteiger partial charge in [-0.25, -0.2) is 0 Å². The van der Waals surface area contributed by atoms with E-state index < -0.39 is 0 Å². The Kier molecular flexibility index (Phi) is 12.7. The van der Waals surface area contributed by atoms with E-state index in [9.17, 15) is 0 Å². The Hall–Kier alpha value is -0.420. The number of nitrogens with one attached hydrogen (secondary N) is 2. The molecule has 0 radical (unpaired) electrons. The Morgan fingerprint density at radius 1 is 1.17 bits per heavy atom. The van der Waals surface area contributed by atoms with Gasteiger partial charge in [-0.05, 0) is 45.1 Å². The van der Waals surface area contributed by atoms with Crippen molar-refractivity contribution >= 4 is 17.7 Å². The molecule has 0 unspecified atom stereocenters. The molecule has 0 fully saturated rings. The predicted molar refractivity (Wildman–Crippen MR) is 82.7 cm³/mol. The Balaban J connectivity index is 3.42. The highest BCUT2D eigenvalue weighted by atomic mass is 32.2. The molecule has 0 aromatic carbocycles. The second kappa shape index (κ2) is 13.0. The van der Waals surface area contributed by atoms with Crippen molar-refractivity contribution in [1.29, 1.82) is 0 Å². The zero-order valence-corrected chi connectivity index (χ0v) is 13.1. The summed E-state index contributed by atoms with van der Waals surface area (Å²) < 4.78 is 5.48. The fourth-order valence-corrected chi connectivity index (χ4v) is 1.89. The molecule has 5 heteroatoms. The Labute approximate surface area is 116 Å². The minimum Gasteiger partial charge on any atom is -0.379 e. The minimum atomic E-state index is 0.318. The predicted octanol–water partition coefficient (Wildman–Crippen LogP) is 2.11. The molecule has 0 amide bonds. The third-order valence-electron chi connectivity index (χ3n) is 2.36. The highest BCUT2D eigenvalue weighted by molar-refractivity contribution is 7.98. The van der Waals surface area contributed by atoms with Crippen molar-refractivity contribution in [1.82, 2.24) is 10.6 Å². The van der Waals surface area contributed by atoms with E-state index in [4.69, 9.17) is 4.74 Å². The van der Waals surface area contributed by atoms with Crippen molar-refractivity contribution in [2.75, 3.05) is 38.8 Å². The van der Waals surface area contributed by atoms with Crippen molar-refractivity contribution in [2.45, 2.75) is 39.2 Å². The first-order chi connectivity index (χ1) is 8.70. The van der Waals surface area contributed by atoms with Crippen molar-refractivity contribution in [3.63, 3.8) is 0 Å². The van der Waals surface area contributed by atoms with Crippen LogP contribution < -0.4 is 10.6 Å². The summed E-state index contributed by atoms with van der Waals surface area (Å²) in [6.07, 6.45) is 5.92. The number of rotatable bonds is 10. The van der Waals surface area contributed by atoms with E-state index in [1.807, 2.05) is 18.8 Å². The first kappa shape index (κ1) is 17.6. The van der Waals surface area contributed by atoms with Crippen LogP contribution in [0.25, 0.3) is 0 Å². The van der Waals surface area contributed by atoms with Crippen molar-refractivity contribution in [3.05, 3.63) is 0 Å². The normalized spacial score (nSPS) is 11.9. The summed E-state index contributed by atoms with van der Waals surface area (Å²) in [6, 6.07) is 0. The lowest BCUT2D eigenvalue weighted by Crippen LogP contribution is -2.38. The summed E-state index contributed by atoms with van der Waals surface area (Å²) in [5, 5.41) is 6.60. The number of guanidine groups is 1. The second-order valence-electron chi connectivity index (χ2n) is 4.40. The second-order valence-corrected chi connectivity index (χ2v) is 5.38. The summed E-state index contributed by atoms with van der Waals surface area (Å²) in [4.78, 5) is 4.19. The van der Waals surface area contributed by atoms with Crippen LogP contribution >= 0.6 is 11.8 Å². The fourth-order valence-electron chi connectivity index (χ4n) is 1.40. The number of nitrogens with zero attached hydrogens (tertiary/aromatic N) is 1. The smallest absolute Gasteiger partial charge is 0.190 e. The molecule has 0 atom stereocenters. The van der Waals surface area contributed by atoms with E-state index in [1.54, 1.807) is 0 Å². The zero-order valence-electron chi connectivity index (χ0n) is 12.3. The monoisotopic (exact) mass is 275 g/mol. The van der Waals surface area contributed by atoms with Gasteiger partial charge in [-0.2, -0.15) is 11.8 Å². The molecule has 108 valence electrons. The molecule has 0 aromatic heterocycles. The van der Waals surface area contributed by atoms with Gasteiger partial charge in [-0.1, -0.05) is 0 Å². The highest BCUT2D eigenvalue weighted by Gasteiger charge is 1.97. The van der Waals surface area contributed by atoms with Crippen molar-refractivity contribution in [3.8, 4) is 0 Å². The van der Waals surface area contributed by atoms with Crippen LogP contribution in [0.1, 0.15) is 33.1 Å². The average molecular weight is 275 g/mol. The molecule has 2 N–H and O–H groups in total. The summed E-state index contributed by atoms with van der Waals surface area (Å²) in [5.74, 6) is 2.13. The minimum absolute atomic E-state index is 0.318. The van der Waals surface area contributed by atoms with Gasteiger partial charge >= 0.3 is 0 Å². The standard InChI is InChI=1S/C13H29N3OS/c1-12(2)17-10-7-9-16-13(14-3)15-8-5-6-11-18-4/h12H,5-11H2,1-4H3,(H2,14,15,16). The number of ether oxygens (including phenoxy) is 1. The van der Waals surface area contributed by atoms with Gasteiger partial charge in [0.15, 0.2) is 5.96 Å². The lowest BCUT2D eigenvalue weighted by molar-refractivity contribution is 0.0776. The topological polar surface area (TPSA) is 45.7 Å². The quantitative estimate of drug-likeness (QED) is 0.364. The van der Waals surface area contributed by atoms with Gasteiger partial charge in [0, 0.05) is 26.7 Å². The van der Waals surface area contributed by atoms with Gasteiger partial charge in [-0.3, -0.25) is 4.99 Å². The summed E-state index contributed by atoms with van der Waals surface area (Å²) in [6.45, 7) is 6.81. The molecule has 0 bridgehead atoms. The lowest BCUT2D eigenvalue weighted by atomic mass is 10.3. The van der Waals surface area contributed by atoms with Crippen LogP contribution in [0, 0.1) is 0 Å². The molecule has 0 aliphatic carbocycles. The average Bonchev–Trinajstić information content (AvgIpc) is 2.35. The van der Waals surface area contributed by atoms with Gasteiger partial charge < -0.3 is 15.4 Å². The fraction of sp³-hybridized carbons (Fsp3) is 0.923. The molecule has 0 heterocycles. The third kappa shape index (κ3) is 12.0. The Morgan fingerprint density at radius 2 is 1.83 bits per heavy atom. The van der Waals surface area contributed by atoms with E-state index in [2.05, 4.69) is 35.7 Å². The Bertz CT molecular complexity index is 210. The van der Waals surface area contributed by atoms with Crippen molar-refractivity contribution in [2.24, 2.45) is 4.99 Å². The van der Waals surface area contributed by atoms with E-state index in [0.29, 0.717) is 6.10 Å². The van der Waals surface area contributed by atoms with Crippen LogP contribution in [0.3, 0.4) is 0 Å². The van der Waals surface area contributed by atoms with Gasteiger partial charge in [0.25, 0.3) is 0 Å². The summed E-state index contributed by atoms with van der Waals surface area (Å²) in [7, 11) is 1.81. The Morgan fingerprint density at radius 3 is 2.39 bits per heavy atom. The van der Waals surface area contributed by atoms with E-state index >= 15 is 0 Å².